The van der Waals surface area contributed by atoms with Crippen molar-refractivity contribution in [2.45, 2.75) is 32.3 Å². The van der Waals surface area contributed by atoms with E-state index in [0.29, 0.717) is 6.10 Å². The number of halogens is 1. The number of likely N-dealkylation sites (N-methyl/N-ethyl adjacent to an activating group) is 1. The van der Waals surface area contributed by atoms with Gasteiger partial charge in [0.1, 0.15) is 5.82 Å². The van der Waals surface area contributed by atoms with Gasteiger partial charge in [0.05, 0.1) is 6.10 Å². The first-order chi connectivity index (χ1) is 9.78. The van der Waals surface area contributed by atoms with E-state index in [4.69, 9.17) is 4.74 Å². The molecule has 0 unspecified atom stereocenters. The zero-order valence-corrected chi connectivity index (χ0v) is 12.2. The molecule has 1 heterocycles. The average Bonchev–Trinajstić information content (AvgIpc) is 2.49. The monoisotopic (exact) mass is 277 g/mol. The molecule has 1 aromatic carbocycles. The summed E-state index contributed by atoms with van der Waals surface area (Å²) in [6.45, 7) is 6.02. The molecule has 1 aliphatic rings. The normalized spacial score (nSPS) is 19.9. The van der Waals surface area contributed by atoms with Gasteiger partial charge in [-0.3, -0.25) is 4.90 Å². The molecule has 2 nitrogen and oxygen atoms in total. The molecule has 0 aliphatic carbocycles. The van der Waals surface area contributed by atoms with Crippen LogP contribution in [0.25, 0.3) is 6.08 Å². The summed E-state index contributed by atoms with van der Waals surface area (Å²) in [5.41, 5.74) is 1.04. The fourth-order valence-electron chi connectivity index (χ4n) is 2.48. The highest BCUT2D eigenvalue weighted by molar-refractivity contribution is 5.48. The summed E-state index contributed by atoms with van der Waals surface area (Å²) >= 11 is 0. The Balaban J connectivity index is 1.79. The Bertz CT molecular complexity index is 410. The Kier molecular flexibility index (Phi) is 6.22. The number of benzene rings is 1. The molecule has 20 heavy (non-hydrogen) atoms. The number of rotatable bonds is 6. The molecule has 3 heteroatoms. The van der Waals surface area contributed by atoms with Gasteiger partial charge in [-0.2, -0.15) is 0 Å². The van der Waals surface area contributed by atoms with Gasteiger partial charge >= 0.3 is 0 Å². The molecular formula is C17H24FNO. The van der Waals surface area contributed by atoms with Crippen molar-refractivity contribution in [2.24, 2.45) is 0 Å². The molecule has 0 spiro atoms. The van der Waals surface area contributed by atoms with Crippen LogP contribution in [-0.2, 0) is 4.74 Å². The predicted molar refractivity (Wildman–Crippen MR) is 81.1 cm³/mol. The molecule has 2 rings (SSSR count). The summed E-state index contributed by atoms with van der Waals surface area (Å²) in [4.78, 5) is 2.38. The Morgan fingerprint density at radius 1 is 1.30 bits per heavy atom. The third kappa shape index (κ3) is 5.06. The van der Waals surface area contributed by atoms with Crippen LogP contribution < -0.4 is 0 Å². The van der Waals surface area contributed by atoms with Crippen molar-refractivity contribution < 1.29 is 9.13 Å². The van der Waals surface area contributed by atoms with Gasteiger partial charge < -0.3 is 4.74 Å². The average molecular weight is 277 g/mol. The van der Waals surface area contributed by atoms with E-state index in [0.717, 1.165) is 31.8 Å². The molecule has 0 bridgehead atoms. The zero-order valence-electron chi connectivity index (χ0n) is 12.2. The van der Waals surface area contributed by atoms with Crippen molar-refractivity contribution in [3.05, 3.63) is 41.7 Å². The first-order valence-corrected chi connectivity index (χ1v) is 7.54. The summed E-state index contributed by atoms with van der Waals surface area (Å²) in [7, 11) is 0. The molecule has 1 aliphatic heterocycles. The maximum absolute atomic E-state index is 12.8. The smallest absolute Gasteiger partial charge is 0.123 e. The van der Waals surface area contributed by atoms with Crippen LogP contribution in [-0.4, -0.2) is 37.2 Å². The summed E-state index contributed by atoms with van der Waals surface area (Å²) in [6, 6.07) is 6.58. The van der Waals surface area contributed by atoms with Crippen molar-refractivity contribution >= 4 is 6.08 Å². The Morgan fingerprint density at radius 3 is 2.75 bits per heavy atom. The molecule has 110 valence electrons. The second kappa shape index (κ2) is 8.18. The van der Waals surface area contributed by atoms with Crippen molar-refractivity contribution in [2.75, 3.05) is 26.2 Å². The topological polar surface area (TPSA) is 12.5 Å². The standard InChI is InChI=1S/C17H24FNO/c1-2-19(14-17-7-3-4-13-20-17)12-5-6-15-8-10-16(18)11-9-15/h5-6,8-11,17H,2-4,7,12-14H2,1H3/b6-5+/t17-/m0/s1. The number of nitrogens with zero attached hydrogens (tertiary/aromatic N) is 1. The lowest BCUT2D eigenvalue weighted by atomic mass is 10.1. The Morgan fingerprint density at radius 2 is 2.10 bits per heavy atom. The number of hydrogen-bond acceptors (Lipinski definition) is 2. The second-order valence-electron chi connectivity index (χ2n) is 5.29. The summed E-state index contributed by atoms with van der Waals surface area (Å²) in [6.07, 6.45) is 8.24. The van der Waals surface area contributed by atoms with Crippen LogP contribution in [0.2, 0.25) is 0 Å². The lowest BCUT2D eigenvalue weighted by Crippen LogP contribution is -2.35. The minimum Gasteiger partial charge on any atom is -0.377 e. The molecule has 1 atom stereocenters. The van der Waals surface area contributed by atoms with Gasteiger partial charge in [0, 0.05) is 19.7 Å². The van der Waals surface area contributed by atoms with Crippen LogP contribution in [0, 0.1) is 5.82 Å². The van der Waals surface area contributed by atoms with Gasteiger partial charge in [-0.1, -0.05) is 31.2 Å². The van der Waals surface area contributed by atoms with Gasteiger partial charge in [-0.25, -0.2) is 4.39 Å². The first-order valence-electron chi connectivity index (χ1n) is 7.54. The molecular weight excluding hydrogens is 253 g/mol. The van der Waals surface area contributed by atoms with E-state index in [2.05, 4.69) is 17.9 Å². The maximum atomic E-state index is 12.8. The van der Waals surface area contributed by atoms with Gasteiger partial charge in [0.15, 0.2) is 0 Å². The molecule has 0 aromatic heterocycles. The Labute approximate surface area is 121 Å². The summed E-state index contributed by atoms with van der Waals surface area (Å²) < 4.78 is 18.6. The number of hydrogen-bond donors (Lipinski definition) is 0. The van der Waals surface area contributed by atoms with E-state index in [9.17, 15) is 4.39 Å². The van der Waals surface area contributed by atoms with Crippen LogP contribution in [0.15, 0.2) is 30.3 Å². The van der Waals surface area contributed by atoms with Crippen molar-refractivity contribution in [3.63, 3.8) is 0 Å². The highest BCUT2D eigenvalue weighted by Gasteiger charge is 2.16. The SMILES string of the molecule is CCN(C/C=C/c1ccc(F)cc1)C[C@@H]1CCCCO1. The lowest BCUT2D eigenvalue weighted by molar-refractivity contribution is -0.00296. The van der Waals surface area contributed by atoms with Crippen LogP contribution >= 0.6 is 0 Å². The van der Waals surface area contributed by atoms with E-state index < -0.39 is 0 Å². The molecule has 0 N–H and O–H groups in total. The molecule has 0 saturated carbocycles. The van der Waals surface area contributed by atoms with E-state index in [-0.39, 0.29) is 5.82 Å². The van der Waals surface area contributed by atoms with E-state index in [1.165, 1.54) is 31.4 Å². The van der Waals surface area contributed by atoms with E-state index in [1.54, 1.807) is 12.1 Å². The third-order valence-corrected chi connectivity index (χ3v) is 3.73. The Hall–Kier alpha value is -1.19. The van der Waals surface area contributed by atoms with E-state index in [1.807, 2.05) is 6.08 Å². The maximum Gasteiger partial charge on any atom is 0.123 e. The van der Waals surface area contributed by atoms with Crippen LogP contribution in [0.5, 0.6) is 0 Å². The van der Waals surface area contributed by atoms with Gasteiger partial charge in [0.2, 0.25) is 0 Å². The highest BCUT2D eigenvalue weighted by atomic mass is 19.1. The number of ether oxygens (including phenoxy) is 1. The fraction of sp³-hybridized carbons (Fsp3) is 0.529. The highest BCUT2D eigenvalue weighted by Crippen LogP contribution is 2.14. The third-order valence-electron chi connectivity index (χ3n) is 3.73. The van der Waals surface area contributed by atoms with E-state index >= 15 is 0 Å². The van der Waals surface area contributed by atoms with Gasteiger partial charge in [-0.15, -0.1) is 0 Å². The minimum absolute atomic E-state index is 0.188. The lowest BCUT2D eigenvalue weighted by Gasteiger charge is -2.28. The quantitative estimate of drug-likeness (QED) is 0.785. The predicted octanol–water partition coefficient (Wildman–Crippen LogP) is 3.73. The first kappa shape index (κ1) is 15.2. The molecule has 0 radical (unpaired) electrons. The largest absolute Gasteiger partial charge is 0.377 e. The van der Waals surface area contributed by atoms with Crippen molar-refractivity contribution in [3.8, 4) is 0 Å². The summed E-state index contributed by atoms with van der Waals surface area (Å²) in [5, 5.41) is 0. The minimum atomic E-state index is -0.188. The fourth-order valence-corrected chi connectivity index (χ4v) is 2.48. The molecule has 1 aromatic rings. The second-order valence-corrected chi connectivity index (χ2v) is 5.29. The van der Waals surface area contributed by atoms with Crippen LogP contribution in [0.4, 0.5) is 4.39 Å². The molecule has 1 fully saturated rings. The van der Waals surface area contributed by atoms with Crippen LogP contribution in [0.1, 0.15) is 31.7 Å². The molecule has 1 saturated heterocycles. The van der Waals surface area contributed by atoms with Gasteiger partial charge in [-0.05, 0) is 43.5 Å². The molecule has 0 amide bonds. The summed E-state index contributed by atoms with van der Waals surface area (Å²) in [5.74, 6) is -0.188. The van der Waals surface area contributed by atoms with Crippen molar-refractivity contribution in [1.82, 2.24) is 4.90 Å². The zero-order chi connectivity index (χ0) is 14.2. The van der Waals surface area contributed by atoms with Gasteiger partial charge in [0.25, 0.3) is 0 Å². The van der Waals surface area contributed by atoms with Crippen LogP contribution in [0.3, 0.4) is 0 Å². The van der Waals surface area contributed by atoms with Crippen molar-refractivity contribution in [1.29, 1.82) is 0 Å².